The maximum atomic E-state index is 13.5. The molecule has 26 heavy (non-hydrogen) atoms. The number of carbonyl (C=O) groups excluding carboxylic acids is 1. The van der Waals surface area contributed by atoms with Crippen molar-refractivity contribution >= 4 is 23.1 Å². The van der Waals surface area contributed by atoms with Gasteiger partial charge in [-0.15, -0.1) is 0 Å². The highest BCUT2D eigenvalue weighted by Gasteiger charge is 2.20. The molecule has 2 aromatic heterocycles. The first-order chi connectivity index (χ1) is 12.4. The number of anilines is 1. The van der Waals surface area contributed by atoms with Crippen LogP contribution >= 0.6 is 0 Å². The standard InChI is InChI=1S/C18H18FN5O2/c1-12-7-8-13(17(21-26)23(3)19)10-14(12)22(2)18(25)15-11-20-16-6-4-5-9-24(15)16/h4-11,26H,1-3H3/b21-17-. The Bertz CT molecular complexity index is 996. The summed E-state index contributed by atoms with van der Waals surface area (Å²) in [7, 11) is 2.76. The molecule has 0 spiro atoms. The number of aryl methyl sites for hydroxylation is 1. The quantitative estimate of drug-likeness (QED) is 0.258. The fraction of sp³-hybridized carbons (Fsp3) is 0.167. The van der Waals surface area contributed by atoms with Crippen molar-refractivity contribution in [1.82, 2.24) is 14.5 Å². The monoisotopic (exact) mass is 355 g/mol. The molecule has 0 bridgehead atoms. The fourth-order valence-electron chi connectivity index (χ4n) is 2.78. The minimum absolute atomic E-state index is 0.209. The van der Waals surface area contributed by atoms with Crippen LogP contribution < -0.4 is 4.90 Å². The Morgan fingerprint density at radius 3 is 2.73 bits per heavy atom. The highest BCUT2D eigenvalue weighted by atomic mass is 19.2. The van der Waals surface area contributed by atoms with Crippen LogP contribution in [-0.2, 0) is 0 Å². The molecule has 134 valence electrons. The van der Waals surface area contributed by atoms with Gasteiger partial charge in [-0.1, -0.05) is 27.8 Å². The van der Waals surface area contributed by atoms with Crippen LogP contribution in [0, 0.1) is 6.92 Å². The van der Waals surface area contributed by atoms with Gasteiger partial charge in [0, 0.05) is 31.5 Å². The molecule has 0 saturated heterocycles. The van der Waals surface area contributed by atoms with E-state index in [1.165, 1.54) is 11.1 Å². The normalized spacial score (nSPS) is 11.6. The minimum atomic E-state index is -0.264. The summed E-state index contributed by atoms with van der Waals surface area (Å²) in [4.78, 5) is 18.6. The lowest BCUT2D eigenvalue weighted by atomic mass is 10.1. The van der Waals surface area contributed by atoms with Gasteiger partial charge in [0.1, 0.15) is 11.3 Å². The van der Waals surface area contributed by atoms with E-state index in [2.05, 4.69) is 10.1 Å². The summed E-state index contributed by atoms with van der Waals surface area (Å²) in [5, 5.41) is 12.2. The van der Waals surface area contributed by atoms with Crippen LogP contribution in [0.15, 0.2) is 53.9 Å². The Kier molecular flexibility index (Phi) is 4.57. The molecule has 2 heterocycles. The molecule has 1 aromatic carbocycles. The largest absolute Gasteiger partial charge is 0.409 e. The van der Waals surface area contributed by atoms with Crippen LogP contribution in [0.4, 0.5) is 10.2 Å². The predicted octanol–water partition coefficient (Wildman–Crippen LogP) is 2.87. The van der Waals surface area contributed by atoms with Crippen LogP contribution in [0.1, 0.15) is 21.6 Å². The molecule has 0 aliphatic carbocycles. The van der Waals surface area contributed by atoms with E-state index in [-0.39, 0.29) is 16.9 Å². The molecule has 0 saturated carbocycles. The SMILES string of the molecule is Cc1ccc(/C(=N/O)N(C)F)cc1N(C)C(=O)c1cnc2ccccn12. The van der Waals surface area contributed by atoms with Crippen LogP contribution in [-0.4, -0.2) is 45.6 Å². The number of rotatable bonds is 3. The van der Waals surface area contributed by atoms with Crippen LogP contribution in [0.5, 0.6) is 0 Å². The molecule has 0 aliphatic heterocycles. The molecule has 0 atom stereocenters. The van der Waals surface area contributed by atoms with E-state index >= 15 is 0 Å². The van der Waals surface area contributed by atoms with Crippen LogP contribution in [0.2, 0.25) is 0 Å². The summed E-state index contributed by atoms with van der Waals surface area (Å²) in [5.41, 5.74) is 2.81. The van der Waals surface area contributed by atoms with Crippen LogP contribution in [0.3, 0.4) is 0 Å². The maximum Gasteiger partial charge on any atom is 0.276 e. The van der Waals surface area contributed by atoms with E-state index in [1.807, 2.05) is 25.1 Å². The van der Waals surface area contributed by atoms with Crippen molar-refractivity contribution in [3.8, 4) is 0 Å². The highest BCUT2D eigenvalue weighted by Crippen LogP contribution is 2.23. The van der Waals surface area contributed by atoms with Crippen molar-refractivity contribution in [2.45, 2.75) is 6.92 Å². The number of amides is 1. The van der Waals surface area contributed by atoms with Crippen molar-refractivity contribution in [2.24, 2.45) is 5.16 Å². The van der Waals surface area contributed by atoms with Gasteiger partial charge < -0.3 is 10.1 Å². The molecular formula is C18H18FN5O2. The topological polar surface area (TPSA) is 73.4 Å². The van der Waals surface area contributed by atoms with Gasteiger partial charge in [-0.2, -0.15) is 5.12 Å². The van der Waals surface area contributed by atoms with Gasteiger partial charge in [0.15, 0.2) is 0 Å². The average molecular weight is 355 g/mol. The predicted molar refractivity (Wildman–Crippen MR) is 96.3 cm³/mol. The van der Waals surface area contributed by atoms with E-state index in [4.69, 9.17) is 5.21 Å². The highest BCUT2D eigenvalue weighted by molar-refractivity contribution is 6.06. The Hall–Kier alpha value is -3.42. The number of nitrogens with zero attached hydrogens (tertiary/aromatic N) is 5. The number of hydrogen-bond donors (Lipinski definition) is 1. The first-order valence-electron chi connectivity index (χ1n) is 7.86. The second-order valence-electron chi connectivity index (χ2n) is 5.84. The summed E-state index contributed by atoms with van der Waals surface area (Å²) in [6.07, 6.45) is 3.28. The Labute approximate surface area is 149 Å². The lowest BCUT2D eigenvalue weighted by Gasteiger charge is -2.21. The number of amidine groups is 1. The number of hydrogen-bond acceptors (Lipinski definition) is 4. The fourth-order valence-corrected chi connectivity index (χ4v) is 2.78. The molecule has 1 amide bonds. The third kappa shape index (κ3) is 2.97. The number of imidazole rings is 1. The Morgan fingerprint density at radius 1 is 1.27 bits per heavy atom. The molecule has 0 aliphatic rings. The van der Waals surface area contributed by atoms with Crippen molar-refractivity contribution in [2.75, 3.05) is 19.0 Å². The van der Waals surface area contributed by atoms with Gasteiger partial charge in [-0.3, -0.25) is 9.20 Å². The first kappa shape index (κ1) is 17.4. The van der Waals surface area contributed by atoms with Crippen molar-refractivity contribution in [3.63, 3.8) is 0 Å². The van der Waals surface area contributed by atoms with Crippen LogP contribution in [0.25, 0.3) is 5.65 Å². The Balaban J connectivity index is 2.01. The van der Waals surface area contributed by atoms with Crippen molar-refractivity contribution < 1.29 is 14.5 Å². The Morgan fingerprint density at radius 2 is 2.04 bits per heavy atom. The second kappa shape index (κ2) is 6.83. The van der Waals surface area contributed by atoms with Gasteiger partial charge in [0.2, 0.25) is 5.84 Å². The van der Waals surface area contributed by atoms with Gasteiger partial charge in [-0.25, -0.2) is 4.98 Å². The zero-order chi connectivity index (χ0) is 18.8. The number of carbonyl (C=O) groups is 1. The van der Waals surface area contributed by atoms with E-state index in [0.717, 1.165) is 12.6 Å². The molecule has 1 N–H and O–H groups in total. The van der Waals surface area contributed by atoms with Gasteiger partial charge in [0.05, 0.1) is 6.20 Å². The molecule has 7 nitrogen and oxygen atoms in total. The maximum absolute atomic E-state index is 13.5. The average Bonchev–Trinajstić information content (AvgIpc) is 3.06. The molecule has 8 heteroatoms. The van der Waals surface area contributed by atoms with E-state index in [1.54, 1.807) is 35.8 Å². The number of oxime groups is 1. The first-order valence-corrected chi connectivity index (χ1v) is 7.86. The molecular weight excluding hydrogens is 337 g/mol. The number of benzene rings is 1. The summed E-state index contributed by atoms with van der Waals surface area (Å²) in [5.74, 6) is -0.512. The van der Waals surface area contributed by atoms with Gasteiger partial charge in [-0.05, 0) is 30.7 Å². The second-order valence-corrected chi connectivity index (χ2v) is 5.84. The number of fused-ring (bicyclic) bond motifs is 1. The number of aromatic nitrogens is 2. The van der Waals surface area contributed by atoms with Gasteiger partial charge in [0.25, 0.3) is 5.91 Å². The smallest absolute Gasteiger partial charge is 0.276 e. The minimum Gasteiger partial charge on any atom is -0.409 e. The van der Waals surface area contributed by atoms with E-state index in [9.17, 15) is 9.28 Å². The summed E-state index contributed by atoms with van der Waals surface area (Å²) >= 11 is 0. The lowest BCUT2D eigenvalue weighted by Crippen LogP contribution is -2.28. The van der Waals surface area contributed by atoms with E-state index in [0.29, 0.717) is 22.6 Å². The van der Waals surface area contributed by atoms with Gasteiger partial charge >= 0.3 is 0 Å². The molecule has 0 unspecified atom stereocenters. The van der Waals surface area contributed by atoms with Crippen molar-refractivity contribution in [1.29, 1.82) is 0 Å². The third-order valence-electron chi connectivity index (χ3n) is 4.16. The molecule has 0 radical (unpaired) electrons. The van der Waals surface area contributed by atoms with Crippen molar-refractivity contribution in [3.05, 3.63) is 65.6 Å². The van der Waals surface area contributed by atoms with E-state index < -0.39 is 0 Å². The zero-order valence-corrected chi connectivity index (χ0v) is 14.6. The lowest BCUT2D eigenvalue weighted by molar-refractivity contribution is 0.0987. The summed E-state index contributed by atoms with van der Waals surface area (Å²) in [6, 6.07) is 10.4. The molecule has 3 aromatic rings. The zero-order valence-electron chi connectivity index (χ0n) is 14.6. The molecule has 0 fully saturated rings. The summed E-state index contributed by atoms with van der Waals surface area (Å²) < 4.78 is 15.2. The number of pyridine rings is 1. The number of halogens is 1. The third-order valence-corrected chi connectivity index (χ3v) is 4.16. The summed E-state index contributed by atoms with van der Waals surface area (Å²) in [6.45, 7) is 1.84. The molecule has 3 rings (SSSR count).